The van der Waals surface area contributed by atoms with Crippen LogP contribution in [0.5, 0.6) is 0 Å². The van der Waals surface area contributed by atoms with Gasteiger partial charge in [0.05, 0.1) is 11.6 Å². The number of ketones is 2. The molecular weight excluding hydrogens is 178 g/mol. The topological polar surface area (TPSA) is 46.2 Å². The number of hydrogen-bond donors (Lipinski definition) is 1. The summed E-state index contributed by atoms with van der Waals surface area (Å²) in [5.41, 5.74) is 0.575. The van der Waals surface area contributed by atoms with Crippen LogP contribution < -0.4 is 5.32 Å². The largest absolute Gasteiger partial charge is 0.385 e. The van der Waals surface area contributed by atoms with Gasteiger partial charge in [-0.2, -0.15) is 0 Å². The summed E-state index contributed by atoms with van der Waals surface area (Å²) in [4.78, 5) is 22.9. The first kappa shape index (κ1) is 10.7. The lowest BCUT2D eigenvalue weighted by molar-refractivity contribution is -0.127. The minimum absolute atomic E-state index is 0.00213. The molecule has 1 aliphatic carbocycles. The van der Waals surface area contributed by atoms with Gasteiger partial charge in [-0.15, -0.1) is 0 Å². The molecule has 0 amide bonds. The number of Topliss-reactive ketones (excluding diaryl/α,β-unsaturated/α-hetero) is 2. The third-order valence-electron chi connectivity index (χ3n) is 2.60. The van der Waals surface area contributed by atoms with Crippen LogP contribution in [0.3, 0.4) is 0 Å². The lowest BCUT2D eigenvalue weighted by Crippen LogP contribution is -2.31. The van der Waals surface area contributed by atoms with Gasteiger partial charge in [0, 0.05) is 13.0 Å². The zero-order valence-electron chi connectivity index (χ0n) is 8.70. The average molecular weight is 193 g/mol. The Labute approximate surface area is 83.9 Å². The molecule has 3 nitrogen and oxygen atoms in total. The molecule has 76 valence electrons. The van der Waals surface area contributed by atoms with E-state index < -0.39 is 0 Å². The van der Waals surface area contributed by atoms with Crippen molar-refractivity contribution < 1.29 is 9.59 Å². The molecule has 0 aliphatic heterocycles. The molecule has 0 bridgehead atoms. The fraction of sp³-hybridized carbons (Fsp3) is 0.455. The molecule has 0 saturated heterocycles. The molecule has 2 atom stereocenters. The fourth-order valence-electron chi connectivity index (χ4n) is 1.47. The molecule has 2 unspecified atom stereocenters. The molecule has 0 heterocycles. The first-order valence-electron chi connectivity index (χ1n) is 4.68. The van der Waals surface area contributed by atoms with Crippen LogP contribution >= 0.6 is 0 Å². The predicted molar refractivity (Wildman–Crippen MR) is 54.6 cm³/mol. The minimum atomic E-state index is -0.306. The Hall–Kier alpha value is -1.38. The van der Waals surface area contributed by atoms with E-state index in [9.17, 15) is 9.59 Å². The van der Waals surface area contributed by atoms with E-state index in [2.05, 4.69) is 5.32 Å². The molecular formula is C11H15NO2. The summed E-state index contributed by atoms with van der Waals surface area (Å²) in [6.07, 6.45) is 5.33. The summed E-state index contributed by atoms with van der Waals surface area (Å²) in [5, 5.41) is 2.83. The molecule has 1 rings (SSSR count). The van der Waals surface area contributed by atoms with Gasteiger partial charge in [0.2, 0.25) is 0 Å². The number of hydrogen-bond acceptors (Lipinski definition) is 3. The Morgan fingerprint density at radius 2 is 2.21 bits per heavy atom. The average Bonchev–Trinajstić information content (AvgIpc) is 2.17. The lowest BCUT2D eigenvalue weighted by atomic mass is 9.84. The summed E-state index contributed by atoms with van der Waals surface area (Å²) in [5.74, 6) is -0.501. The van der Waals surface area contributed by atoms with E-state index in [0.29, 0.717) is 5.70 Å². The molecule has 0 aromatic carbocycles. The van der Waals surface area contributed by atoms with Gasteiger partial charge >= 0.3 is 0 Å². The molecule has 0 saturated carbocycles. The van der Waals surface area contributed by atoms with E-state index in [1.54, 1.807) is 26.1 Å². The van der Waals surface area contributed by atoms with Crippen molar-refractivity contribution in [2.75, 3.05) is 7.05 Å². The lowest BCUT2D eigenvalue weighted by Gasteiger charge is -2.21. The highest BCUT2D eigenvalue weighted by Crippen LogP contribution is 2.21. The quantitative estimate of drug-likeness (QED) is 0.729. The van der Waals surface area contributed by atoms with Crippen LogP contribution in [-0.2, 0) is 9.59 Å². The highest BCUT2D eigenvalue weighted by Gasteiger charge is 2.28. The van der Waals surface area contributed by atoms with Gasteiger partial charge in [0.25, 0.3) is 0 Å². The van der Waals surface area contributed by atoms with Crippen LogP contribution in [0.15, 0.2) is 23.9 Å². The molecule has 14 heavy (non-hydrogen) atoms. The van der Waals surface area contributed by atoms with E-state index in [0.717, 1.165) is 0 Å². The zero-order chi connectivity index (χ0) is 10.7. The first-order valence-corrected chi connectivity index (χ1v) is 4.68. The van der Waals surface area contributed by atoms with E-state index in [1.807, 2.05) is 6.08 Å². The van der Waals surface area contributed by atoms with E-state index in [4.69, 9.17) is 0 Å². The molecule has 0 aromatic rings. The summed E-state index contributed by atoms with van der Waals surface area (Å²) in [6.45, 7) is 3.30. The van der Waals surface area contributed by atoms with E-state index in [-0.39, 0.29) is 23.4 Å². The van der Waals surface area contributed by atoms with Crippen LogP contribution in [-0.4, -0.2) is 18.6 Å². The summed E-state index contributed by atoms with van der Waals surface area (Å²) < 4.78 is 0. The minimum Gasteiger partial charge on any atom is -0.385 e. The summed E-state index contributed by atoms with van der Waals surface area (Å²) in [6, 6.07) is 0. The van der Waals surface area contributed by atoms with Crippen molar-refractivity contribution in [3.8, 4) is 0 Å². The van der Waals surface area contributed by atoms with Crippen LogP contribution in [0.25, 0.3) is 0 Å². The Kier molecular flexibility index (Phi) is 3.23. The maximum Gasteiger partial charge on any atom is 0.186 e. The van der Waals surface area contributed by atoms with Gasteiger partial charge in [0.1, 0.15) is 5.78 Å². The number of allylic oxidation sites excluding steroid dienone is 4. The van der Waals surface area contributed by atoms with Crippen molar-refractivity contribution in [3.05, 3.63) is 23.9 Å². The highest BCUT2D eigenvalue weighted by molar-refractivity contribution is 6.01. The molecule has 0 fully saturated rings. The van der Waals surface area contributed by atoms with Crippen molar-refractivity contribution in [2.24, 2.45) is 11.8 Å². The smallest absolute Gasteiger partial charge is 0.186 e. The molecule has 1 N–H and O–H groups in total. The third kappa shape index (κ3) is 1.92. The zero-order valence-corrected chi connectivity index (χ0v) is 8.70. The standard InChI is InChI=1S/C11H15NO2/c1-7(8(2)13)9-5-4-6-10(12-3)11(9)14/h4-7,9,12H,1-3H3. The van der Waals surface area contributed by atoms with Crippen molar-refractivity contribution in [1.82, 2.24) is 5.32 Å². The number of nitrogens with one attached hydrogen (secondary N) is 1. The van der Waals surface area contributed by atoms with Crippen molar-refractivity contribution >= 4 is 11.6 Å². The van der Waals surface area contributed by atoms with E-state index in [1.165, 1.54) is 6.92 Å². The van der Waals surface area contributed by atoms with Gasteiger partial charge < -0.3 is 5.32 Å². The van der Waals surface area contributed by atoms with Gasteiger partial charge in [0.15, 0.2) is 5.78 Å². The number of carbonyl (C=O) groups excluding carboxylic acids is 2. The Bertz CT molecular complexity index is 315. The van der Waals surface area contributed by atoms with Crippen LogP contribution in [0.4, 0.5) is 0 Å². The monoisotopic (exact) mass is 193 g/mol. The SMILES string of the molecule is CNC1=CC=CC(C(C)C(C)=O)C1=O. The number of likely N-dealkylation sites (N-methyl/N-ethyl adjacent to an activating group) is 1. The fourth-order valence-corrected chi connectivity index (χ4v) is 1.47. The Balaban J connectivity index is 2.85. The molecule has 0 spiro atoms. The van der Waals surface area contributed by atoms with Crippen LogP contribution in [0.2, 0.25) is 0 Å². The number of carbonyl (C=O) groups is 2. The van der Waals surface area contributed by atoms with Gasteiger partial charge in [-0.3, -0.25) is 9.59 Å². The van der Waals surface area contributed by atoms with Crippen molar-refractivity contribution in [2.45, 2.75) is 13.8 Å². The normalized spacial score (nSPS) is 22.9. The maximum atomic E-state index is 11.8. The third-order valence-corrected chi connectivity index (χ3v) is 2.60. The van der Waals surface area contributed by atoms with Gasteiger partial charge in [-0.25, -0.2) is 0 Å². The maximum absolute atomic E-state index is 11.8. The van der Waals surface area contributed by atoms with E-state index >= 15 is 0 Å². The molecule has 3 heteroatoms. The van der Waals surface area contributed by atoms with Gasteiger partial charge in [-0.05, 0) is 13.0 Å². The Morgan fingerprint density at radius 1 is 1.57 bits per heavy atom. The van der Waals surface area contributed by atoms with Crippen molar-refractivity contribution in [1.29, 1.82) is 0 Å². The van der Waals surface area contributed by atoms with Crippen molar-refractivity contribution in [3.63, 3.8) is 0 Å². The predicted octanol–water partition coefficient (Wildman–Crippen LogP) is 1.07. The van der Waals surface area contributed by atoms with Gasteiger partial charge in [-0.1, -0.05) is 19.1 Å². The highest BCUT2D eigenvalue weighted by atomic mass is 16.1. The van der Waals surface area contributed by atoms with Crippen LogP contribution in [0, 0.1) is 11.8 Å². The molecule has 0 aromatic heterocycles. The van der Waals surface area contributed by atoms with Crippen LogP contribution in [0.1, 0.15) is 13.8 Å². The Morgan fingerprint density at radius 3 is 2.71 bits per heavy atom. The summed E-state index contributed by atoms with van der Waals surface area (Å²) in [7, 11) is 1.71. The molecule has 1 aliphatic rings. The second kappa shape index (κ2) is 4.22. The summed E-state index contributed by atoms with van der Waals surface area (Å²) >= 11 is 0. The second-order valence-electron chi connectivity index (χ2n) is 3.50. The number of rotatable bonds is 3. The second-order valence-corrected chi connectivity index (χ2v) is 3.50. The molecule has 0 radical (unpaired) electrons. The first-order chi connectivity index (χ1) is 6.57.